The molecule has 0 fully saturated rings. The van der Waals surface area contributed by atoms with Crippen LogP contribution in [0.15, 0.2) is 60.4 Å². The number of aromatic nitrogens is 2. The van der Waals surface area contributed by atoms with E-state index in [1.54, 1.807) is 35.0 Å². The highest BCUT2D eigenvalue weighted by molar-refractivity contribution is 7.12. The number of nitrogens with zero attached hydrogens (tertiary/aromatic N) is 2. The molecule has 0 atom stereocenters. The Bertz CT molecular complexity index is 996. The second-order valence-electron chi connectivity index (χ2n) is 5.42. The van der Waals surface area contributed by atoms with Gasteiger partial charge in [-0.15, -0.1) is 11.3 Å². The first-order valence-electron chi connectivity index (χ1n) is 7.81. The van der Waals surface area contributed by atoms with Gasteiger partial charge in [-0.05, 0) is 29.6 Å². The zero-order valence-corrected chi connectivity index (χ0v) is 16.6. The molecule has 0 spiro atoms. The summed E-state index contributed by atoms with van der Waals surface area (Å²) < 4.78 is 1.61. The summed E-state index contributed by atoms with van der Waals surface area (Å²) in [6.45, 7) is 0.110. The second kappa shape index (κ2) is 9.93. The van der Waals surface area contributed by atoms with E-state index in [0.29, 0.717) is 4.88 Å². The summed E-state index contributed by atoms with van der Waals surface area (Å²) in [5, 5.41) is 1.87. The number of hydrogen-bond donors (Lipinski definition) is 2. The lowest BCUT2D eigenvalue weighted by Gasteiger charge is -2.07. The number of thiophene rings is 1. The van der Waals surface area contributed by atoms with Gasteiger partial charge < -0.3 is 12.4 Å². The number of hydrazine groups is 1. The third kappa shape index (κ3) is 5.35. The Morgan fingerprint density at radius 3 is 2.57 bits per heavy atom. The van der Waals surface area contributed by atoms with E-state index in [0.717, 1.165) is 0 Å². The van der Waals surface area contributed by atoms with Gasteiger partial charge in [-0.1, -0.05) is 17.7 Å². The van der Waals surface area contributed by atoms with Gasteiger partial charge in [0.25, 0.3) is 11.8 Å². The third-order valence-corrected chi connectivity index (χ3v) is 4.75. The predicted octanol–water partition coefficient (Wildman–Crippen LogP) is -0.954. The number of nitrogens with one attached hydrogen (secondary N) is 2. The van der Waals surface area contributed by atoms with Crippen LogP contribution in [0.3, 0.4) is 0 Å². The van der Waals surface area contributed by atoms with Gasteiger partial charge in [-0.25, -0.2) is 4.98 Å². The number of Topliss-reactive ketones (excluding diaryl/α,β-unsaturated/α-hetero) is 1. The van der Waals surface area contributed by atoms with E-state index < -0.39 is 11.8 Å². The molecule has 10 heteroatoms. The Hall–Kier alpha value is -2.81. The minimum absolute atomic E-state index is 0. The van der Waals surface area contributed by atoms with Crippen LogP contribution in [0, 0.1) is 0 Å². The largest absolute Gasteiger partial charge is 1.00 e. The monoisotopic (exact) mass is 436 g/mol. The molecule has 0 aliphatic carbocycles. The quantitative estimate of drug-likeness (QED) is 0.233. The van der Waals surface area contributed by atoms with E-state index >= 15 is 0 Å². The van der Waals surface area contributed by atoms with Crippen molar-refractivity contribution in [3.05, 3.63) is 81.5 Å². The van der Waals surface area contributed by atoms with Crippen molar-refractivity contribution in [2.45, 2.75) is 6.54 Å². The van der Waals surface area contributed by atoms with Crippen LogP contribution in [0.1, 0.15) is 30.4 Å². The average Bonchev–Trinajstić information content (AvgIpc) is 3.21. The van der Waals surface area contributed by atoms with Gasteiger partial charge in [0.05, 0.1) is 10.4 Å². The summed E-state index contributed by atoms with van der Waals surface area (Å²) in [4.78, 5) is 40.9. The first-order chi connectivity index (χ1) is 13.0. The normalized spacial score (nSPS) is 9.89. The molecule has 0 aliphatic rings. The molecule has 3 heterocycles. The average molecular weight is 437 g/mol. The summed E-state index contributed by atoms with van der Waals surface area (Å²) >= 11 is 7.21. The maximum atomic E-state index is 12.3. The predicted molar refractivity (Wildman–Crippen MR) is 99.5 cm³/mol. The van der Waals surface area contributed by atoms with E-state index in [1.165, 1.54) is 29.8 Å². The zero-order valence-electron chi connectivity index (χ0n) is 14.3. The lowest BCUT2D eigenvalue weighted by Crippen LogP contribution is -3.00. The van der Waals surface area contributed by atoms with E-state index in [-0.39, 0.29) is 41.0 Å². The van der Waals surface area contributed by atoms with E-state index in [4.69, 9.17) is 11.6 Å². The molecule has 3 aromatic rings. The summed E-state index contributed by atoms with van der Waals surface area (Å²) in [7, 11) is 0. The topological polar surface area (TPSA) is 92.0 Å². The Morgan fingerprint density at radius 1 is 1.07 bits per heavy atom. The van der Waals surface area contributed by atoms with Gasteiger partial charge in [0, 0.05) is 12.3 Å². The Kier molecular flexibility index (Phi) is 7.62. The molecule has 28 heavy (non-hydrogen) atoms. The fourth-order valence-corrected chi connectivity index (χ4v) is 3.11. The molecule has 0 saturated carbocycles. The first kappa shape index (κ1) is 21.5. The van der Waals surface area contributed by atoms with Crippen LogP contribution in [-0.4, -0.2) is 22.6 Å². The molecule has 2 amide bonds. The molecule has 0 unspecified atom stereocenters. The molecule has 0 bridgehead atoms. The van der Waals surface area contributed by atoms with Crippen molar-refractivity contribution in [2.24, 2.45) is 0 Å². The van der Waals surface area contributed by atoms with Crippen LogP contribution in [-0.2, 0) is 6.54 Å². The van der Waals surface area contributed by atoms with Crippen molar-refractivity contribution in [3.8, 4) is 0 Å². The van der Waals surface area contributed by atoms with Gasteiger partial charge in [0.15, 0.2) is 12.4 Å². The standard InChI is InChI=1S/C18H13ClN4O3S.ClH/c19-16-13(5-1-7-20-16)18(26)22-21-17(25)12-4-2-8-23(10-12)11-14(24)15-6-3-9-27-15;/h1-10H,11H2,(H-,21,22,25,26);1H. The highest BCUT2D eigenvalue weighted by Crippen LogP contribution is 2.11. The van der Waals surface area contributed by atoms with Crippen LogP contribution in [0.5, 0.6) is 0 Å². The van der Waals surface area contributed by atoms with E-state index in [2.05, 4.69) is 15.8 Å². The summed E-state index contributed by atoms with van der Waals surface area (Å²) in [6.07, 6.45) is 4.68. The van der Waals surface area contributed by atoms with E-state index in [1.807, 2.05) is 11.4 Å². The number of pyridine rings is 2. The molecule has 2 N–H and O–H groups in total. The molecule has 3 rings (SSSR count). The fourth-order valence-electron chi connectivity index (χ4n) is 2.24. The molecule has 0 radical (unpaired) electrons. The van der Waals surface area contributed by atoms with Crippen LogP contribution >= 0.6 is 22.9 Å². The summed E-state index contributed by atoms with van der Waals surface area (Å²) in [5.74, 6) is -1.16. The molecule has 144 valence electrons. The number of halogens is 2. The van der Waals surface area contributed by atoms with Crippen molar-refractivity contribution in [1.82, 2.24) is 15.8 Å². The van der Waals surface area contributed by atoms with Gasteiger partial charge in [0.1, 0.15) is 10.7 Å². The number of amides is 2. The Morgan fingerprint density at radius 2 is 1.86 bits per heavy atom. The molecule has 3 aromatic heterocycles. The molecular weight excluding hydrogens is 423 g/mol. The summed E-state index contributed by atoms with van der Waals surface area (Å²) in [6, 6.07) is 9.84. The number of ketones is 1. The smallest absolute Gasteiger partial charge is 0.275 e. The maximum absolute atomic E-state index is 12.3. The highest BCUT2D eigenvalue weighted by Gasteiger charge is 2.17. The Balaban J connectivity index is 0.00000280. The fraction of sp³-hybridized carbons (Fsp3) is 0.0556. The zero-order chi connectivity index (χ0) is 19.2. The lowest BCUT2D eigenvalue weighted by atomic mass is 10.2. The van der Waals surface area contributed by atoms with Crippen LogP contribution in [0.2, 0.25) is 5.15 Å². The number of rotatable bonds is 5. The second-order valence-corrected chi connectivity index (χ2v) is 6.72. The first-order valence-corrected chi connectivity index (χ1v) is 9.07. The SMILES string of the molecule is O=C(NNC(=O)c1cccnc1Cl)c1ccc[n+](CC(=O)c2cccs2)c1.[Cl-]. The van der Waals surface area contributed by atoms with Crippen LogP contribution < -0.4 is 27.8 Å². The molecule has 0 aromatic carbocycles. The number of carbonyl (C=O) groups excluding carboxylic acids is 3. The number of carbonyl (C=O) groups is 3. The number of hydrogen-bond acceptors (Lipinski definition) is 5. The van der Waals surface area contributed by atoms with Crippen LogP contribution in [0.25, 0.3) is 0 Å². The van der Waals surface area contributed by atoms with Crippen LogP contribution in [0.4, 0.5) is 0 Å². The van der Waals surface area contributed by atoms with E-state index in [9.17, 15) is 14.4 Å². The van der Waals surface area contributed by atoms with Crippen molar-refractivity contribution < 1.29 is 31.4 Å². The maximum Gasteiger partial charge on any atom is 0.275 e. The lowest BCUT2D eigenvalue weighted by molar-refractivity contribution is -0.683. The van der Waals surface area contributed by atoms with Gasteiger partial charge in [-0.3, -0.25) is 25.2 Å². The van der Waals surface area contributed by atoms with Crippen molar-refractivity contribution in [1.29, 1.82) is 0 Å². The summed E-state index contributed by atoms with van der Waals surface area (Å²) in [5.41, 5.74) is 5.02. The van der Waals surface area contributed by atoms with Crippen molar-refractivity contribution in [2.75, 3.05) is 0 Å². The molecule has 0 aliphatic heterocycles. The molecule has 0 saturated heterocycles. The van der Waals surface area contributed by atoms with Gasteiger partial charge >= 0.3 is 0 Å². The molecular formula is C18H14Cl2N4O3S. The third-order valence-electron chi connectivity index (χ3n) is 3.54. The minimum atomic E-state index is -0.585. The highest BCUT2D eigenvalue weighted by atomic mass is 35.5. The Labute approximate surface area is 175 Å². The van der Waals surface area contributed by atoms with Gasteiger partial charge in [-0.2, -0.15) is 4.57 Å². The van der Waals surface area contributed by atoms with Crippen molar-refractivity contribution >= 4 is 40.5 Å². The molecule has 7 nitrogen and oxygen atoms in total. The van der Waals surface area contributed by atoms with Gasteiger partial charge in [0.2, 0.25) is 12.3 Å². The minimum Gasteiger partial charge on any atom is -1.00 e. The van der Waals surface area contributed by atoms with Crippen molar-refractivity contribution in [3.63, 3.8) is 0 Å².